The lowest BCUT2D eigenvalue weighted by molar-refractivity contribution is -0.440. The minimum atomic E-state index is -4.96. The molecule has 0 atom stereocenters. The molecular formula is C15H8Br2F4N4O7. The summed E-state index contributed by atoms with van der Waals surface area (Å²) in [5.41, 5.74) is -5.59. The second kappa shape index (κ2) is 9.19. The fraction of sp³-hybridized carbons (Fsp3) is 0.200. The van der Waals surface area contributed by atoms with Crippen molar-refractivity contribution in [2.45, 2.75) is 19.5 Å². The quantitative estimate of drug-likeness (QED) is 0.216. The van der Waals surface area contributed by atoms with Crippen LogP contribution in [0, 0.1) is 37.3 Å². The van der Waals surface area contributed by atoms with Crippen LogP contribution in [0.2, 0.25) is 0 Å². The number of nitrogens with one attached hydrogen (secondary N) is 1. The summed E-state index contributed by atoms with van der Waals surface area (Å²) in [7, 11) is 0. The largest absolute Gasteiger partial charge is 0.461 e. The number of aryl methyl sites for hydroxylation is 1. The zero-order valence-electron chi connectivity index (χ0n) is 15.3. The van der Waals surface area contributed by atoms with Crippen molar-refractivity contribution in [1.29, 1.82) is 0 Å². The number of rotatable bonds is 8. The van der Waals surface area contributed by atoms with Gasteiger partial charge in [0, 0.05) is 10.0 Å². The van der Waals surface area contributed by atoms with Gasteiger partial charge in [-0.2, -0.15) is 17.6 Å². The molecule has 2 rings (SSSR count). The average molecular weight is 592 g/mol. The number of hydrogen-bond acceptors (Lipinski definition) is 8. The number of ether oxygens (including phenoxy) is 1. The van der Waals surface area contributed by atoms with Crippen LogP contribution in [0.5, 0.6) is 5.75 Å². The molecule has 0 aliphatic rings. The van der Waals surface area contributed by atoms with Crippen molar-refractivity contribution in [1.82, 2.24) is 0 Å². The number of hydrogen-bond donors (Lipinski definition) is 1. The number of benzene rings is 2. The molecule has 172 valence electrons. The van der Waals surface area contributed by atoms with Gasteiger partial charge in [-0.3, -0.25) is 30.3 Å². The molecule has 32 heavy (non-hydrogen) atoms. The topological polar surface area (TPSA) is 151 Å². The molecule has 0 aliphatic heterocycles. The minimum absolute atomic E-state index is 0.162. The third-order valence-electron chi connectivity index (χ3n) is 3.76. The summed E-state index contributed by atoms with van der Waals surface area (Å²) in [4.78, 5) is 30.3. The highest BCUT2D eigenvalue weighted by Crippen LogP contribution is 2.47. The van der Waals surface area contributed by atoms with E-state index in [1.165, 1.54) is 0 Å². The van der Waals surface area contributed by atoms with E-state index in [9.17, 15) is 47.9 Å². The highest BCUT2D eigenvalue weighted by Gasteiger charge is 2.45. The van der Waals surface area contributed by atoms with E-state index in [-0.39, 0.29) is 14.5 Å². The van der Waals surface area contributed by atoms with Gasteiger partial charge in [0.1, 0.15) is 5.69 Å². The molecular weight excluding hydrogens is 584 g/mol. The molecule has 0 heterocycles. The number of nitrogens with zero attached hydrogens (tertiary/aromatic N) is 3. The van der Waals surface area contributed by atoms with E-state index in [1.54, 1.807) is 0 Å². The number of nitro groups is 3. The van der Waals surface area contributed by atoms with Gasteiger partial charge in [-0.05, 0) is 41.1 Å². The Kier molecular flexibility index (Phi) is 7.23. The van der Waals surface area contributed by atoms with Gasteiger partial charge in [0.05, 0.1) is 24.9 Å². The highest BCUT2D eigenvalue weighted by atomic mass is 79.9. The molecule has 0 saturated heterocycles. The first kappa shape index (κ1) is 25.2. The first-order chi connectivity index (χ1) is 14.7. The van der Waals surface area contributed by atoms with Crippen LogP contribution in [-0.4, -0.2) is 27.3 Å². The van der Waals surface area contributed by atoms with Gasteiger partial charge in [0.2, 0.25) is 0 Å². The van der Waals surface area contributed by atoms with Crippen molar-refractivity contribution in [2.75, 3.05) is 5.32 Å². The summed E-state index contributed by atoms with van der Waals surface area (Å²) in [5.74, 6) is -0.911. The van der Waals surface area contributed by atoms with E-state index in [2.05, 4.69) is 41.9 Å². The van der Waals surface area contributed by atoms with Crippen molar-refractivity contribution in [3.05, 3.63) is 63.1 Å². The normalized spacial score (nSPS) is 11.4. The Hall–Kier alpha value is -3.08. The van der Waals surface area contributed by atoms with Crippen molar-refractivity contribution >= 4 is 60.3 Å². The fourth-order valence-electron chi connectivity index (χ4n) is 2.55. The predicted octanol–water partition coefficient (Wildman–Crippen LogP) is 6.22. The van der Waals surface area contributed by atoms with E-state index >= 15 is 0 Å². The smallest absolute Gasteiger partial charge is 0.425 e. The summed E-state index contributed by atoms with van der Waals surface area (Å²) in [6.45, 7) is 1.05. The number of anilines is 2. The molecule has 0 unspecified atom stereocenters. The molecule has 0 bridgehead atoms. The number of nitro benzene ring substituents is 3. The average Bonchev–Trinajstić information content (AvgIpc) is 2.62. The Labute approximate surface area is 191 Å². The lowest BCUT2D eigenvalue weighted by Gasteiger charge is -2.21. The molecule has 0 radical (unpaired) electrons. The van der Waals surface area contributed by atoms with Crippen molar-refractivity contribution < 1.29 is 37.1 Å². The molecule has 11 nitrogen and oxygen atoms in total. The van der Waals surface area contributed by atoms with Crippen LogP contribution in [0.1, 0.15) is 5.56 Å². The Morgan fingerprint density at radius 1 is 0.938 bits per heavy atom. The molecule has 0 aliphatic carbocycles. The van der Waals surface area contributed by atoms with Crippen LogP contribution in [0.25, 0.3) is 0 Å². The Morgan fingerprint density at radius 2 is 1.47 bits per heavy atom. The Balaban J connectivity index is 2.79. The second-order valence-electron chi connectivity index (χ2n) is 5.91. The fourth-order valence-corrected chi connectivity index (χ4v) is 3.85. The first-order valence-electron chi connectivity index (χ1n) is 7.89. The van der Waals surface area contributed by atoms with Gasteiger partial charge in [0.15, 0.2) is 5.75 Å². The molecule has 0 spiro atoms. The molecule has 17 heteroatoms. The maximum absolute atomic E-state index is 13.5. The molecule has 0 saturated carbocycles. The Morgan fingerprint density at radius 3 is 1.94 bits per heavy atom. The summed E-state index contributed by atoms with van der Waals surface area (Å²) < 4.78 is 56.2. The van der Waals surface area contributed by atoms with Crippen LogP contribution in [-0.2, 0) is 0 Å². The van der Waals surface area contributed by atoms with Gasteiger partial charge in [-0.1, -0.05) is 15.9 Å². The zero-order chi connectivity index (χ0) is 24.5. The van der Waals surface area contributed by atoms with E-state index in [4.69, 9.17) is 0 Å². The highest BCUT2D eigenvalue weighted by molar-refractivity contribution is 9.11. The van der Waals surface area contributed by atoms with E-state index in [0.29, 0.717) is 0 Å². The molecule has 1 N–H and O–H groups in total. The molecule has 0 amide bonds. The van der Waals surface area contributed by atoms with Crippen molar-refractivity contribution in [3.63, 3.8) is 0 Å². The lowest BCUT2D eigenvalue weighted by Crippen LogP contribution is -2.33. The van der Waals surface area contributed by atoms with Crippen LogP contribution in [0.4, 0.5) is 46.0 Å². The van der Waals surface area contributed by atoms with Crippen LogP contribution in [0.15, 0.2) is 27.1 Å². The lowest BCUT2D eigenvalue weighted by atomic mass is 10.1. The minimum Gasteiger partial charge on any atom is -0.425 e. The van der Waals surface area contributed by atoms with Crippen molar-refractivity contribution in [3.8, 4) is 5.75 Å². The van der Waals surface area contributed by atoms with Gasteiger partial charge in [-0.15, -0.1) is 0 Å². The molecule has 0 aromatic heterocycles. The van der Waals surface area contributed by atoms with E-state index < -0.39 is 61.5 Å². The number of halogens is 6. The second-order valence-corrected chi connectivity index (χ2v) is 7.68. The van der Waals surface area contributed by atoms with Crippen LogP contribution < -0.4 is 10.1 Å². The van der Waals surface area contributed by atoms with Gasteiger partial charge in [0.25, 0.3) is 0 Å². The summed E-state index contributed by atoms with van der Waals surface area (Å²) >= 11 is 5.85. The maximum atomic E-state index is 13.5. The summed E-state index contributed by atoms with van der Waals surface area (Å²) in [6.07, 6.45) is -9.20. The van der Waals surface area contributed by atoms with Gasteiger partial charge < -0.3 is 10.1 Å². The van der Waals surface area contributed by atoms with Crippen molar-refractivity contribution in [2.24, 2.45) is 0 Å². The third-order valence-corrected chi connectivity index (χ3v) is 4.80. The standard InChI is InChI=1S/C15H8Br2F4N4O7/c1-5-2-8(11(24(28)29)12(25(30)31)10(5)23(26)27)22-9-4-6(16)3-7(17)13(9)32-15(20,21)14(18)19/h2-4,14,22H,1H3. The summed E-state index contributed by atoms with van der Waals surface area (Å²) in [5, 5.41) is 36.4. The van der Waals surface area contributed by atoms with Gasteiger partial charge in [-0.25, -0.2) is 0 Å². The zero-order valence-corrected chi connectivity index (χ0v) is 18.4. The SMILES string of the molecule is Cc1cc(Nc2cc(Br)cc(Br)c2OC(F)(F)C(F)F)c([N+](=O)[O-])c([N+](=O)[O-])c1[N+](=O)[O-]. The molecule has 2 aromatic carbocycles. The van der Waals surface area contributed by atoms with Crippen LogP contribution in [0.3, 0.4) is 0 Å². The van der Waals surface area contributed by atoms with Gasteiger partial charge >= 0.3 is 29.6 Å². The molecule has 0 fully saturated rings. The monoisotopic (exact) mass is 590 g/mol. The van der Waals surface area contributed by atoms with Crippen LogP contribution >= 0.6 is 31.9 Å². The third kappa shape index (κ3) is 5.04. The van der Waals surface area contributed by atoms with E-state index in [1.807, 2.05) is 0 Å². The summed E-state index contributed by atoms with van der Waals surface area (Å²) in [6, 6.07) is 2.95. The predicted molar refractivity (Wildman–Crippen MR) is 108 cm³/mol. The number of alkyl halides is 4. The molecule has 2 aromatic rings. The first-order valence-corrected chi connectivity index (χ1v) is 9.47. The maximum Gasteiger partial charge on any atom is 0.461 e. The Bertz CT molecular complexity index is 1130. The van der Waals surface area contributed by atoms with E-state index in [0.717, 1.165) is 25.1 Å².